The van der Waals surface area contributed by atoms with Gasteiger partial charge >= 0.3 is 0 Å². The van der Waals surface area contributed by atoms with Gasteiger partial charge in [0.1, 0.15) is 18.0 Å². The lowest BCUT2D eigenvalue weighted by Crippen LogP contribution is -2.51. The van der Waals surface area contributed by atoms with E-state index in [0.717, 1.165) is 37.0 Å². The molecule has 1 aromatic rings. The Labute approximate surface area is 143 Å². The van der Waals surface area contributed by atoms with E-state index >= 15 is 0 Å². The minimum atomic E-state index is -1.17. The van der Waals surface area contributed by atoms with Crippen LogP contribution in [-0.4, -0.2) is 54.4 Å². The predicted octanol–water partition coefficient (Wildman–Crippen LogP) is 2.15. The molecule has 1 aromatic carbocycles. The topological polar surface area (TPSA) is 59.0 Å². The number of nitrogens with zero attached hydrogens (tertiary/aromatic N) is 1. The molecule has 0 radical (unpaired) electrons. The largest absolute Gasteiger partial charge is 0.490 e. The predicted molar refractivity (Wildman–Crippen MR) is 91.0 cm³/mol. The molecule has 1 heterocycles. The smallest absolute Gasteiger partial charge is 0.225 e. The Balaban J connectivity index is 1.63. The van der Waals surface area contributed by atoms with Crippen LogP contribution >= 0.6 is 0 Å². The fraction of sp³-hybridized carbons (Fsp3) is 0.632. The second-order valence-corrected chi connectivity index (χ2v) is 7.12. The fourth-order valence-electron chi connectivity index (χ4n) is 3.55. The zero-order chi connectivity index (χ0) is 17.0. The summed E-state index contributed by atoms with van der Waals surface area (Å²) in [6.45, 7) is 3.58. The molecule has 2 fully saturated rings. The average molecular weight is 333 g/mol. The molecule has 1 aliphatic carbocycles. The molecular weight excluding hydrogens is 306 g/mol. The molecule has 24 heavy (non-hydrogen) atoms. The Morgan fingerprint density at radius 2 is 2.21 bits per heavy atom. The van der Waals surface area contributed by atoms with E-state index in [2.05, 4.69) is 0 Å². The van der Waals surface area contributed by atoms with Gasteiger partial charge in [-0.05, 0) is 37.5 Å². The second kappa shape index (κ2) is 7.53. The number of ether oxygens (including phenoxy) is 2. The standard InChI is InChI=1S/C19H27NO4/c1-15-5-4-8-17(11-15)24-14-19(22)12-20(9-10-23-13-19)18(21)16-6-2-3-7-16/h4-5,8,11,16,22H,2-3,6-7,9-10,12-14H2,1H3/t19-/m0/s1. The monoisotopic (exact) mass is 333 g/mol. The highest BCUT2D eigenvalue weighted by molar-refractivity contribution is 5.79. The van der Waals surface area contributed by atoms with E-state index in [0.29, 0.717) is 13.2 Å². The molecule has 5 nitrogen and oxygen atoms in total. The van der Waals surface area contributed by atoms with E-state index in [4.69, 9.17) is 9.47 Å². The molecule has 3 rings (SSSR count). The molecule has 1 aliphatic heterocycles. The summed E-state index contributed by atoms with van der Waals surface area (Å²) in [5.41, 5.74) is -0.0660. The lowest BCUT2D eigenvalue weighted by molar-refractivity contribution is -0.139. The van der Waals surface area contributed by atoms with Gasteiger partial charge in [0.25, 0.3) is 0 Å². The van der Waals surface area contributed by atoms with Crippen LogP contribution in [0.2, 0.25) is 0 Å². The van der Waals surface area contributed by atoms with Crippen molar-refractivity contribution >= 4 is 5.91 Å². The molecule has 1 N–H and O–H groups in total. The van der Waals surface area contributed by atoms with Crippen molar-refractivity contribution in [2.24, 2.45) is 5.92 Å². The van der Waals surface area contributed by atoms with E-state index < -0.39 is 5.60 Å². The summed E-state index contributed by atoms with van der Waals surface area (Å²) in [6.07, 6.45) is 4.19. The summed E-state index contributed by atoms with van der Waals surface area (Å²) < 4.78 is 11.3. The van der Waals surface area contributed by atoms with Crippen LogP contribution in [0.5, 0.6) is 5.75 Å². The first-order valence-electron chi connectivity index (χ1n) is 8.84. The molecule has 0 spiro atoms. The van der Waals surface area contributed by atoms with E-state index in [1.165, 1.54) is 0 Å². The number of aliphatic hydroxyl groups is 1. The number of carbonyl (C=O) groups is 1. The van der Waals surface area contributed by atoms with Crippen LogP contribution in [0.1, 0.15) is 31.2 Å². The number of carbonyl (C=O) groups excluding carboxylic acids is 1. The second-order valence-electron chi connectivity index (χ2n) is 7.12. The van der Waals surface area contributed by atoms with Crippen LogP contribution < -0.4 is 4.74 Å². The van der Waals surface area contributed by atoms with Gasteiger partial charge in [-0.1, -0.05) is 25.0 Å². The minimum absolute atomic E-state index is 0.116. The number of β-amino-alcohol motifs (C(OH)–C–C–N with tert-alkyl or cyclic N) is 1. The van der Waals surface area contributed by atoms with E-state index in [1.807, 2.05) is 31.2 Å². The number of aryl methyl sites for hydroxylation is 1. The first-order chi connectivity index (χ1) is 11.6. The normalized spacial score (nSPS) is 25.5. The van der Waals surface area contributed by atoms with Crippen molar-refractivity contribution in [3.63, 3.8) is 0 Å². The molecule has 5 heteroatoms. The van der Waals surface area contributed by atoms with Crippen molar-refractivity contribution in [1.29, 1.82) is 0 Å². The summed E-state index contributed by atoms with van der Waals surface area (Å²) in [5.74, 6) is 0.998. The maximum Gasteiger partial charge on any atom is 0.225 e. The first-order valence-corrected chi connectivity index (χ1v) is 8.84. The Bertz CT molecular complexity index is 570. The number of amides is 1. The van der Waals surface area contributed by atoms with Gasteiger partial charge in [0.2, 0.25) is 5.91 Å². The third-order valence-electron chi connectivity index (χ3n) is 4.87. The maximum absolute atomic E-state index is 12.7. The van der Waals surface area contributed by atoms with Crippen LogP contribution in [0.3, 0.4) is 0 Å². The lowest BCUT2D eigenvalue weighted by atomic mass is 10.0. The average Bonchev–Trinajstić information content (AvgIpc) is 3.03. The van der Waals surface area contributed by atoms with Gasteiger partial charge in [0.15, 0.2) is 0 Å². The number of hydrogen-bond acceptors (Lipinski definition) is 4. The van der Waals surface area contributed by atoms with Crippen LogP contribution in [0.25, 0.3) is 0 Å². The Hall–Kier alpha value is -1.59. The number of benzene rings is 1. The summed E-state index contributed by atoms with van der Waals surface area (Å²) in [5, 5.41) is 10.9. The van der Waals surface area contributed by atoms with E-state index in [1.54, 1.807) is 4.90 Å². The zero-order valence-corrected chi connectivity index (χ0v) is 14.4. The van der Waals surface area contributed by atoms with Crippen LogP contribution in [0, 0.1) is 12.8 Å². The van der Waals surface area contributed by atoms with Crippen LogP contribution in [0.15, 0.2) is 24.3 Å². The summed E-state index contributed by atoms with van der Waals surface area (Å²) >= 11 is 0. The summed E-state index contributed by atoms with van der Waals surface area (Å²) in [4.78, 5) is 14.4. The van der Waals surface area contributed by atoms with Crippen LogP contribution in [-0.2, 0) is 9.53 Å². The Morgan fingerprint density at radius 3 is 2.96 bits per heavy atom. The van der Waals surface area contributed by atoms with E-state index in [9.17, 15) is 9.90 Å². The number of rotatable bonds is 4. The van der Waals surface area contributed by atoms with Gasteiger partial charge in [-0.25, -0.2) is 0 Å². The van der Waals surface area contributed by atoms with Crippen molar-refractivity contribution in [3.05, 3.63) is 29.8 Å². The van der Waals surface area contributed by atoms with E-state index in [-0.39, 0.29) is 31.6 Å². The lowest BCUT2D eigenvalue weighted by Gasteiger charge is -2.32. The Kier molecular flexibility index (Phi) is 5.41. The highest BCUT2D eigenvalue weighted by atomic mass is 16.5. The molecule has 1 amide bonds. The van der Waals surface area contributed by atoms with Gasteiger partial charge in [-0.15, -0.1) is 0 Å². The van der Waals surface area contributed by atoms with Crippen molar-refractivity contribution < 1.29 is 19.4 Å². The third-order valence-corrected chi connectivity index (χ3v) is 4.87. The maximum atomic E-state index is 12.7. The molecule has 2 aliphatic rings. The van der Waals surface area contributed by atoms with Crippen molar-refractivity contribution in [2.75, 3.05) is 32.9 Å². The molecule has 1 atom stereocenters. The molecule has 132 valence electrons. The van der Waals surface area contributed by atoms with Gasteiger partial charge in [0.05, 0.1) is 19.8 Å². The SMILES string of the molecule is Cc1cccc(OC[C@@]2(O)COCCN(C(=O)C3CCCC3)C2)c1. The summed E-state index contributed by atoms with van der Waals surface area (Å²) in [6, 6.07) is 7.73. The minimum Gasteiger partial charge on any atom is -0.490 e. The van der Waals surface area contributed by atoms with Crippen molar-refractivity contribution in [3.8, 4) is 5.75 Å². The molecular formula is C19H27NO4. The highest BCUT2D eigenvalue weighted by Crippen LogP contribution is 2.28. The van der Waals surface area contributed by atoms with Gasteiger partial charge in [0, 0.05) is 12.5 Å². The van der Waals surface area contributed by atoms with Crippen molar-refractivity contribution in [1.82, 2.24) is 4.90 Å². The molecule has 0 bridgehead atoms. The summed E-state index contributed by atoms with van der Waals surface area (Å²) in [7, 11) is 0. The first kappa shape index (κ1) is 17.2. The zero-order valence-electron chi connectivity index (χ0n) is 14.4. The molecule has 1 saturated heterocycles. The van der Waals surface area contributed by atoms with Crippen LogP contribution in [0.4, 0.5) is 0 Å². The quantitative estimate of drug-likeness (QED) is 0.917. The van der Waals surface area contributed by atoms with Crippen molar-refractivity contribution in [2.45, 2.75) is 38.2 Å². The Morgan fingerprint density at radius 1 is 1.42 bits per heavy atom. The fourth-order valence-corrected chi connectivity index (χ4v) is 3.55. The third kappa shape index (κ3) is 4.28. The molecule has 1 saturated carbocycles. The van der Waals surface area contributed by atoms with Gasteiger partial charge in [-0.2, -0.15) is 0 Å². The van der Waals surface area contributed by atoms with Gasteiger partial charge < -0.3 is 19.5 Å². The molecule has 0 aromatic heterocycles. The molecule has 0 unspecified atom stereocenters. The number of hydrogen-bond donors (Lipinski definition) is 1. The highest BCUT2D eigenvalue weighted by Gasteiger charge is 2.37. The van der Waals surface area contributed by atoms with Gasteiger partial charge in [-0.3, -0.25) is 4.79 Å².